The van der Waals surface area contributed by atoms with Gasteiger partial charge in [0.15, 0.2) is 0 Å². The van der Waals surface area contributed by atoms with Crippen LogP contribution in [0.4, 0.5) is 4.79 Å². The van der Waals surface area contributed by atoms with E-state index in [1.54, 1.807) is 52.1 Å². The lowest BCUT2D eigenvalue weighted by molar-refractivity contribution is 0.0512. The van der Waals surface area contributed by atoms with Gasteiger partial charge in [-0.15, -0.1) is 0 Å². The predicted octanol–water partition coefficient (Wildman–Crippen LogP) is 2.90. The fourth-order valence-corrected chi connectivity index (χ4v) is 4.90. The minimum absolute atomic E-state index is 0.0695. The van der Waals surface area contributed by atoms with Crippen LogP contribution in [0, 0.1) is 0 Å². The first-order valence-electron chi connectivity index (χ1n) is 9.20. The van der Waals surface area contributed by atoms with Gasteiger partial charge in [0, 0.05) is 19.1 Å². The smallest absolute Gasteiger partial charge is 0.407 e. The normalized spacial score (nSPS) is 18.7. The molecule has 0 unspecified atom stereocenters. The Kier molecular flexibility index (Phi) is 7.11. The fraction of sp³-hybridized carbons (Fsp3) is 0.632. The summed E-state index contributed by atoms with van der Waals surface area (Å²) in [4.78, 5) is 11.9. The molecule has 1 aliphatic rings. The van der Waals surface area contributed by atoms with Gasteiger partial charge >= 0.3 is 6.09 Å². The maximum Gasteiger partial charge on any atom is 0.407 e. The lowest BCUT2D eigenvalue weighted by Gasteiger charge is -2.35. The topological polar surface area (TPSA) is 84.9 Å². The fourth-order valence-electron chi connectivity index (χ4n) is 3.07. The van der Waals surface area contributed by atoms with Crippen LogP contribution in [0.3, 0.4) is 0 Å². The monoisotopic (exact) mass is 398 g/mol. The Balaban J connectivity index is 2.02. The molecular weight excluding hydrogens is 368 g/mol. The van der Waals surface area contributed by atoms with Gasteiger partial charge in [-0.2, -0.15) is 4.31 Å². The molecule has 0 bridgehead atoms. The van der Waals surface area contributed by atoms with E-state index < -0.39 is 21.7 Å². The van der Waals surface area contributed by atoms with E-state index in [9.17, 15) is 13.2 Å². The van der Waals surface area contributed by atoms with Crippen LogP contribution >= 0.6 is 0 Å². The second-order valence-electron chi connectivity index (χ2n) is 7.75. The van der Waals surface area contributed by atoms with Gasteiger partial charge in [0.2, 0.25) is 10.0 Å². The molecule has 0 spiro atoms. The van der Waals surface area contributed by atoms with E-state index in [2.05, 4.69) is 5.32 Å². The van der Waals surface area contributed by atoms with E-state index in [1.807, 2.05) is 0 Å². The van der Waals surface area contributed by atoms with Gasteiger partial charge in [0.05, 0.1) is 12.9 Å². The van der Waals surface area contributed by atoms with Crippen molar-refractivity contribution in [1.82, 2.24) is 9.62 Å². The molecule has 8 heteroatoms. The Labute approximate surface area is 162 Å². The van der Waals surface area contributed by atoms with Crippen LogP contribution in [-0.4, -0.2) is 50.7 Å². The van der Waals surface area contributed by atoms with Crippen LogP contribution in [-0.2, 0) is 20.5 Å². The summed E-state index contributed by atoms with van der Waals surface area (Å²) in [7, 11) is -1.92. The Morgan fingerprint density at radius 3 is 2.48 bits per heavy atom. The third-order valence-corrected chi connectivity index (χ3v) is 6.21. The van der Waals surface area contributed by atoms with Crippen molar-refractivity contribution in [2.24, 2.45) is 0 Å². The summed E-state index contributed by atoms with van der Waals surface area (Å²) in [5.41, 5.74) is 0.122. The van der Waals surface area contributed by atoms with E-state index in [0.29, 0.717) is 17.9 Å². The molecule has 0 saturated carbocycles. The van der Waals surface area contributed by atoms with Gasteiger partial charge in [-0.05, 0) is 51.3 Å². The van der Waals surface area contributed by atoms with Crippen molar-refractivity contribution in [2.45, 2.75) is 57.4 Å². The van der Waals surface area contributed by atoms with Crippen molar-refractivity contribution >= 4 is 16.1 Å². The number of amides is 1. The molecule has 1 aromatic carbocycles. The van der Waals surface area contributed by atoms with E-state index in [1.165, 1.54) is 4.31 Å². The summed E-state index contributed by atoms with van der Waals surface area (Å²) < 4.78 is 37.8. The standard InChI is InChI=1S/C19H30N2O5S/c1-19(2,3)26-18(22)20-13-16-7-5-6-12-21(16)27(23,24)14-15-8-10-17(25-4)11-9-15/h8-11,16H,5-7,12-14H2,1-4H3,(H,20,22)/t16-/m0/s1. The number of piperidine rings is 1. The number of hydrogen-bond donors (Lipinski definition) is 1. The summed E-state index contributed by atoms with van der Waals surface area (Å²) >= 11 is 0. The number of methoxy groups -OCH3 is 1. The second kappa shape index (κ2) is 8.93. The van der Waals surface area contributed by atoms with Crippen molar-refractivity contribution in [3.8, 4) is 5.75 Å². The van der Waals surface area contributed by atoms with Gasteiger partial charge in [0.1, 0.15) is 11.4 Å². The minimum atomic E-state index is -3.49. The maximum atomic E-state index is 12.9. The molecular formula is C19H30N2O5S. The number of hydrogen-bond acceptors (Lipinski definition) is 5. The van der Waals surface area contributed by atoms with E-state index in [4.69, 9.17) is 9.47 Å². The molecule has 152 valence electrons. The number of alkyl carbamates (subject to hydrolysis) is 1. The average Bonchev–Trinajstić information content (AvgIpc) is 2.59. The molecule has 2 rings (SSSR count). The molecule has 0 aromatic heterocycles. The van der Waals surface area contributed by atoms with Gasteiger partial charge < -0.3 is 14.8 Å². The van der Waals surface area contributed by atoms with Crippen LogP contribution < -0.4 is 10.1 Å². The number of nitrogens with zero attached hydrogens (tertiary/aromatic N) is 1. The largest absolute Gasteiger partial charge is 0.497 e. The van der Waals surface area contributed by atoms with Gasteiger partial charge in [0.25, 0.3) is 0 Å². The number of ether oxygens (including phenoxy) is 2. The number of carbonyl (C=O) groups excluding carboxylic acids is 1. The second-order valence-corrected chi connectivity index (χ2v) is 9.67. The summed E-state index contributed by atoms with van der Waals surface area (Å²) in [6.07, 6.45) is 1.96. The molecule has 27 heavy (non-hydrogen) atoms. The van der Waals surface area contributed by atoms with Crippen molar-refractivity contribution in [3.63, 3.8) is 0 Å². The third kappa shape index (κ3) is 6.70. The highest BCUT2D eigenvalue weighted by molar-refractivity contribution is 7.88. The van der Waals surface area contributed by atoms with Crippen LogP contribution in [0.1, 0.15) is 45.6 Å². The van der Waals surface area contributed by atoms with Crippen LogP contribution in [0.5, 0.6) is 5.75 Å². The highest BCUT2D eigenvalue weighted by Gasteiger charge is 2.32. The molecule has 1 aliphatic heterocycles. The molecule has 0 radical (unpaired) electrons. The SMILES string of the molecule is COc1ccc(CS(=O)(=O)N2CCCC[C@H]2CNC(=O)OC(C)(C)C)cc1. The Bertz CT molecular complexity index is 725. The molecule has 0 aliphatic carbocycles. The van der Waals surface area contributed by atoms with Crippen LogP contribution in [0.2, 0.25) is 0 Å². The van der Waals surface area contributed by atoms with Crippen molar-refractivity contribution in [2.75, 3.05) is 20.2 Å². The summed E-state index contributed by atoms with van der Waals surface area (Å²) in [6.45, 7) is 6.09. The van der Waals surface area contributed by atoms with Crippen molar-refractivity contribution in [3.05, 3.63) is 29.8 Å². The van der Waals surface area contributed by atoms with Gasteiger partial charge in [-0.3, -0.25) is 0 Å². The summed E-state index contributed by atoms with van der Waals surface area (Å²) in [5, 5.41) is 2.71. The first-order chi connectivity index (χ1) is 12.6. The van der Waals surface area contributed by atoms with Gasteiger partial charge in [-0.25, -0.2) is 13.2 Å². The summed E-state index contributed by atoms with van der Waals surface area (Å²) in [6, 6.07) is 6.77. The predicted molar refractivity (Wildman–Crippen MR) is 104 cm³/mol. The zero-order valence-corrected chi connectivity index (χ0v) is 17.3. The highest BCUT2D eigenvalue weighted by Crippen LogP contribution is 2.23. The number of nitrogens with one attached hydrogen (secondary N) is 1. The Morgan fingerprint density at radius 1 is 1.22 bits per heavy atom. The molecule has 1 atom stereocenters. The third-order valence-electron chi connectivity index (χ3n) is 4.32. The maximum absolute atomic E-state index is 12.9. The van der Waals surface area contributed by atoms with E-state index in [0.717, 1.165) is 19.3 Å². The zero-order chi connectivity index (χ0) is 20.1. The number of carbonyl (C=O) groups is 1. The summed E-state index contributed by atoms with van der Waals surface area (Å²) in [5.74, 6) is 0.619. The molecule has 1 fully saturated rings. The van der Waals surface area contributed by atoms with E-state index in [-0.39, 0.29) is 18.3 Å². The number of rotatable bonds is 6. The first kappa shape index (κ1) is 21.5. The van der Waals surface area contributed by atoms with Crippen molar-refractivity contribution in [1.29, 1.82) is 0 Å². The van der Waals surface area contributed by atoms with Crippen LogP contribution in [0.25, 0.3) is 0 Å². The highest BCUT2D eigenvalue weighted by atomic mass is 32.2. The molecule has 1 amide bonds. The molecule has 7 nitrogen and oxygen atoms in total. The lowest BCUT2D eigenvalue weighted by atomic mass is 10.1. The van der Waals surface area contributed by atoms with Gasteiger partial charge in [-0.1, -0.05) is 18.6 Å². The number of sulfonamides is 1. The first-order valence-corrected chi connectivity index (χ1v) is 10.8. The number of benzene rings is 1. The lowest BCUT2D eigenvalue weighted by Crippen LogP contribution is -2.50. The molecule has 1 aromatic rings. The molecule has 1 heterocycles. The minimum Gasteiger partial charge on any atom is -0.497 e. The van der Waals surface area contributed by atoms with E-state index >= 15 is 0 Å². The average molecular weight is 399 g/mol. The quantitative estimate of drug-likeness (QED) is 0.796. The zero-order valence-electron chi connectivity index (χ0n) is 16.5. The molecule has 1 saturated heterocycles. The Hall–Kier alpha value is -1.80. The van der Waals surface area contributed by atoms with Crippen LogP contribution in [0.15, 0.2) is 24.3 Å². The molecule has 1 N–H and O–H groups in total. The van der Waals surface area contributed by atoms with Crippen molar-refractivity contribution < 1.29 is 22.7 Å². The Morgan fingerprint density at radius 2 is 1.89 bits per heavy atom.